The highest BCUT2D eigenvalue weighted by atomic mass is 16.3. The minimum Gasteiger partial charge on any atom is -0.428 e. The number of fused-ring (bicyclic) bond motifs is 1. The van der Waals surface area contributed by atoms with Crippen LogP contribution in [0.5, 0.6) is 0 Å². The van der Waals surface area contributed by atoms with E-state index >= 15 is 0 Å². The second-order valence-corrected chi connectivity index (χ2v) is 2.63. The predicted molar refractivity (Wildman–Crippen MR) is 40.9 cm³/mol. The lowest BCUT2D eigenvalue weighted by atomic mass is 10.1. The van der Waals surface area contributed by atoms with Gasteiger partial charge in [0.1, 0.15) is 6.23 Å². The van der Waals surface area contributed by atoms with Crippen molar-refractivity contribution in [1.29, 1.82) is 0 Å². The average Bonchev–Trinajstić information content (AvgIpc) is 2.30. The van der Waals surface area contributed by atoms with Crippen molar-refractivity contribution in [2.75, 3.05) is 0 Å². The summed E-state index contributed by atoms with van der Waals surface area (Å²) >= 11 is 0. The summed E-state index contributed by atoms with van der Waals surface area (Å²) < 4.78 is 0. The van der Waals surface area contributed by atoms with Gasteiger partial charge in [0.25, 0.3) is 0 Å². The highest BCUT2D eigenvalue weighted by molar-refractivity contribution is 5.33. The fourth-order valence-electron chi connectivity index (χ4n) is 1.36. The van der Waals surface area contributed by atoms with Crippen LogP contribution in [-0.2, 0) is 0 Å². The Bertz CT molecular complexity index is 248. The fraction of sp³-hybridized carbons (Fsp3) is 0.250. The molecule has 3 heteroatoms. The zero-order valence-corrected chi connectivity index (χ0v) is 5.91. The molecule has 0 saturated carbocycles. The van der Waals surface area contributed by atoms with Crippen LogP contribution >= 0.6 is 0 Å². The molecule has 1 aromatic carbocycles. The van der Waals surface area contributed by atoms with Crippen molar-refractivity contribution >= 4 is 0 Å². The van der Waals surface area contributed by atoms with Crippen molar-refractivity contribution in [3.8, 4) is 0 Å². The molecule has 58 valence electrons. The van der Waals surface area contributed by atoms with Gasteiger partial charge in [0.05, 0.1) is 5.56 Å². The number of hydrogen-bond donors (Lipinski definition) is 2. The van der Waals surface area contributed by atoms with Crippen LogP contribution in [-0.4, -0.2) is 10.2 Å². The smallest absolute Gasteiger partial charge is 0.240 e. The quantitative estimate of drug-likeness (QED) is 0.514. The first-order valence-corrected chi connectivity index (χ1v) is 3.53. The van der Waals surface area contributed by atoms with Gasteiger partial charge >= 0.3 is 0 Å². The van der Waals surface area contributed by atoms with Crippen LogP contribution in [0, 0.1) is 0 Å². The van der Waals surface area contributed by atoms with Gasteiger partial charge in [0, 0.05) is 5.56 Å². The molecule has 0 aliphatic carbocycles. The molecule has 0 aromatic heterocycles. The normalized spacial score (nSPS) is 28.5. The first-order valence-electron chi connectivity index (χ1n) is 3.53. The third kappa shape index (κ3) is 0.939. The third-order valence-electron chi connectivity index (χ3n) is 1.93. The van der Waals surface area contributed by atoms with Crippen LogP contribution < -0.4 is 5.32 Å². The van der Waals surface area contributed by atoms with Crippen molar-refractivity contribution in [3.05, 3.63) is 35.4 Å². The number of rotatable bonds is 0. The van der Waals surface area contributed by atoms with Gasteiger partial charge in [-0.1, -0.05) is 18.2 Å². The van der Waals surface area contributed by atoms with Gasteiger partial charge in [0.15, 0.2) is 0 Å². The van der Waals surface area contributed by atoms with Gasteiger partial charge in [-0.05, 0) is 6.07 Å². The van der Waals surface area contributed by atoms with Crippen molar-refractivity contribution in [2.45, 2.75) is 12.5 Å². The van der Waals surface area contributed by atoms with Gasteiger partial charge in [-0.25, -0.2) is 5.32 Å². The Morgan fingerprint density at radius 2 is 1.91 bits per heavy atom. The highest BCUT2D eigenvalue weighted by Crippen LogP contribution is 2.28. The molecule has 4 N–H and O–H groups in total. The molecule has 1 aliphatic rings. The maximum atomic E-state index is 9.32. The van der Waals surface area contributed by atoms with Crippen molar-refractivity contribution < 1.29 is 10.2 Å². The van der Waals surface area contributed by atoms with Crippen molar-refractivity contribution in [2.24, 2.45) is 0 Å². The fourth-order valence-corrected chi connectivity index (χ4v) is 1.36. The largest absolute Gasteiger partial charge is 0.428 e. The lowest BCUT2D eigenvalue weighted by Crippen LogP contribution is -2.16. The number of benzene rings is 1. The molecule has 1 aliphatic heterocycles. The Morgan fingerprint density at radius 1 is 1.27 bits per heavy atom. The maximum Gasteiger partial charge on any atom is 0.240 e. The summed E-state index contributed by atoms with van der Waals surface area (Å²) in [4.78, 5) is 0. The summed E-state index contributed by atoms with van der Waals surface area (Å²) in [5.74, 6) is 0. The second-order valence-electron chi connectivity index (χ2n) is 2.63. The van der Waals surface area contributed by atoms with E-state index in [0.717, 1.165) is 11.1 Å². The zero-order chi connectivity index (χ0) is 7.84. The van der Waals surface area contributed by atoms with E-state index in [-0.39, 0.29) is 0 Å². The number of nitrogens with one attached hydrogen (secondary N) is 1. The standard InChI is InChI=1S/C8H9NO2/c10-7-5-3-1-2-4-6(5)8(11)9-7/h1-4,7-11H/p+1. The van der Waals surface area contributed by atoms with Gasteiger partial charge in [-0.3, -0.25) is 0 Å². The lowest BCUT2D eigenvalue weighted by molar-refractivity contribution is 0.0671. The van der Waals surface area contributed by atoms with Crippen LogP contribution in [0.15, 0.2) is 24.3 Å². The average molecular weight is 152 g/mol. The molecule has 2 unspecified atom stereocenters. The van der Waals surface area contributed by atoms with E-state index in [1.165, 1.54) is 0 Å². The molecule has 0 amide bonds. The Hall–Kier alpha value is -0.900. The van der Waals surface area contributed by atoms with E-state index in [4.69, 9.17) is 5.11 Å². The van der Waals surface area contributed by atoms with Gasteiger partial charge in [-0.2, -0.15) is 0 Å². The molecular formula is C8H10NO2+. The summed E-state index contributed by atoms with van der Waals surface area (Å²) in [6, 6.07) is 7.43. The molecule has 2 atom stereocenters. The molecule has 0 radical (unpaired) electrons. The van der Waals surface area contributed by atoms with E-state index in [1.807, 2.05) is 24.3 Å². The number of aliphatic hydroxyl groups is 1. The van der Waals surface area contributed by atoms with Gasteiger partial charge in [-0.15, -0.1) is 0 Å². The Balaban J connectivity index is 2.52. The Kier molecular flexibility index (Phi) is 1.42. The van der Waals surface area contributed by atoms with Crippen LogP contribution in [0.3, 0.4) is 0 Å². The minimum atomic E-state index is -0.659. The highest BCUT2D eigenvalue weighted by Gasteiger charge is 2.29. The summed E-state index contributed by atoms with van der Waals surface area (Å²) in [6.45, 7) is 0. The number of aliphatic hydroxyl groups excluding tert-OH is 1. The van der Waals surface area contributed by atoms with Crippen LogP contribution in [0.2, 0.25) is 0 Å². The summed E-state index contributed by atoms with van der Waals surface area (Å²) in [5.41, 5.74) is 1.70. The van der Waals surface area contributed by atoms with E-state index in [9.17, 15) is 5.11 Å². The zero-order valence-electron chi connectivity index (χ0n) is 5.91. The topological polar surface area (TPSA) is 55.2 Å². The summed E-state index contributed by atoms with van der Waals surface area (Å²) in [7, 11) is 0. The Morgan fingerprint density at radius 3 is 2.55 bits per heavy atom. The summed E-state index contributed by atoms with van der Waals surface area (Å²) in [6.07, 6.45) is -1.13. The van der Waals surface area contributed by atoms with Gasteiger partial charge in [0.2, 0.25) is 6.23 Å². The molecule has 3 nitrogen and oxygen atoms in total. The molecule has 0 spiro atoms. The molecule has 11 heavy (non-hydrogen) atoms. The lowest BCUT2D eigenvalue weighted by Gasteiger charge is -1.99. The molecule has 0 bridgehead atoms. The van der Waals surface area contributed by atoms with E-state index in [1.54, 1.807) is 0 Å². The third-order valence-corrected chi connectivity index (χ3v) is 1.93. The summed E-state index contributed by atoms with van der Waals surface area (Å²) in [5, 5.41) is 19.5. The second kappa shape index (κ2) is 2.30. The van der Waals surface area contributed by atoms with E-state index < -0.39 is 12.5 Å². The molecular weight excluding hydrogens is 142 g/mol. The van der Waals surface area contributed by atoms with Crippen molar-refractivity contribution in [1.82, 2.24) is 5.32 Å². The molecule has 0 saturated heterocycles. The van der Waals surface area contributed by atoms with E-state index in [2.05, 4.69) is 5.32 Å². The van der Waals surface area contributed by atoms with Gasteiger partial charge < -0.3 is 10.2 Å². The Labute approximate surface area is 64.3 Å². The van der Waals surface area contributed by atoms with Crippen LogP contribution in [0.1, 0.15) is 23.6 Å². The monoisotopic (exact) mass is 152 g/mol. The number of hydrogen-bond acceptors (Lipinski definition) is 2. The van der Waals surface area contributed by atoms with Crippen LogP contribution in [0.4, 0.5) is 0 Å². The van der Waals surface area contributed by atoms with E-state index in [0.29, 0.717) is 0 Å². The maximum absolute atomic E-state index is 9.32. The SMILES string of the molecule is OC1NC([OH2+])c2ccccc21. The molecule has 1 heterocycles. The molecule has 0 fully saturated rings. The molecule has 2 rings (SSSR count). The predicted octanol–water partition coefficient (Wildman–Crippen LogP) is 0.00390. The first-order chi connectivity index (χ1) is 5.29. The van der Waals surface area contributed by atoms with Crippen LogP contribution in [0.25, 0.3) is 0 Å². The molecule has 1 aromatic rings. The first kappa shape index (κ1) is 6.79. The minimum absolute atomic E-state index is 0.471. The van der Waals surface area contributed by atoms with Crippen molar-refractivity contribution in [3.63, 3.8) is 0 Å².